The fourth-order valence-corrected chi connectivity index (χ4v) is 3.40. The normalized spacial score (nSPS) is 13.7. The lowest BCUT2D eigenvalue weighted by atomic mass is 10.2. The van der Waals surface area contributed by atoms with Gasteiger partial charge in [0.1, 0.15) is 11.5 Å². The molecule has 2 aromatic carbocycles. The quantitative estimate of drug-likeness (QED) is 0.422. The van der Waals surface area contributed by atoms with Gasteiger partial charge in [0.2, 0.25) is 0 Å². The molecule has 0 saturated carbocycles. The summed E-state index contributed by atoms with van der Waals surface area (Å²) in [6.07, 6.45) is 0. The predicted octanol–water partition coefficient (Wildman–Crippen LogP) is 2.57. The smallest absolute Gasteiger partial charge is 0.344 e. The average molecular weight is 510 g/mol. The maximum Gasteiger partial charge on any atom is 0.344 e. The Morgan fingerprint density at radius 3 is 2.34 bits per heavy atom. The van der Waals surface area contributed by atoms with Crippen molar-refractivity contribution in [2.24, 2.45) is 0 Å². The maximum absolute atomic E-state index is 12.3. The second-order valence-electron chi connectivity index (χ2n) is 6.44. The highest BCUT2D eigenvalue weighted by atomic mass is 127. The number of nitrogens with zero attached hydrogens (tertiary/aromatic N) is 2. The fourth-order valence-electron chi connectivity index (χ4n) is 3.04. The highest BCUT2D eigenvalue weighted by Crippen LogP contribution is 2.28. The van der Waals surface area contributed by atoms with Gasteiger partial charge in [0.05, 0.1) is 12.8 Å². The van der Waals surface area contributed by atoms with E-state index in [0.29, 0.717) is 31.9 Å². The summed E-state index contributed by atoms with van der Waals surface area (Å²) in [5, 5.41) is 0. The van der Waals surface area contributed by atoms with Gasteiger partial charge in [0.15, 0.2) is 13.2 Å². The highest BCUT2D eigenvalue weighted by Gasteiger charge is 2.23. The zero-order valence-electron chi connectivity index (χ0n) is 16.2. The molecule has 1 aliphatic rings. The molecule has 7 nitrogen and oxygen atoms in total. The average Bonchev–Trinajstić information content (AvgIpc) is 2.77. The van der Waals surface area contributed by atoms with E-state index in [1.807, 2.05) is 36.4 Å². The number of ether oxygens (including phenoxy) is 3. The number of esters is 1. The molecule has 0 unspecified atom stereocenters. The number of carbonyl (C=O) groups is 2. The first-order valence-corrected chi connectivity index (χ1v) is 10.3. The molecule has 1 heterocycles. The Kier molecular flexibility index (Phi) is 7.56. The van der Waals surface area contributed by atoms with E-state index in [2.05, 4.69) is 27.5 Å². The minimum absolute atomic E-state index is 0.202. The van der Waals surface area contributed by atoms with Crippen molar-refractivity contribution in [1.82, 2.24) is 4.90 Å². The Balaban J connectivity index is 1.40. The molecule has 154 valence electrons. The van der Waals surface area contributed by atoms with Gasteiger partial charge in [0, 0.05) is 29.7 Å². The van der Waals surface area contributed by atoms with E-state index in [0.717, 1.165) is 15.0 Å². The fraction of sp³-hybridized carbons (Fsp3) is 0.333. The molecule has 1 amide bonds. The molecule has 3 rings (SSSR count). The first kappa shape index (κ1) is 21.2. The Labute approximate surface area is 183 Å². The van der Waals surface area contributed by atoms with Gasteiger partial charge in [-0.25, -0.2) is 4.79 Å². The number of hydrogen-bond donors (Lipinski definition) is 0. The summed E-state index contributed by atoms with van der Waals surface area (Å²) in [7, 11) is 1.65. The molecule has 0 spiro atoms. The van der Waals surface area contributed by atoms with Crippen LogP contribution in [0.2, 0.25) is 0 Å². The zero-order chi connectivity index (χ0) is 20.6. The number of hydrogen-bond acceptors (Lipinski definition) is 6. The third-order valence-electron chi connectivity index (χ3n) is 4.59. The molecule has 1 aliphatic heterocycles. The molecule has 0 atom stereocenters. The van der Waals surface area contributed by atoms with Crippen LogP contribution in [-0.2, 0) is 14.3 Å². The molecule has 0 N–H and O–H groups in total. The highest BCUT2D eigenvalue weighted by molar-refractivity contribution is 14.1. The first-order valence-electron chi connectivity index (χ1n) is 9.26. The van der Waals surface area contributed by atoms with Crippen LogP contribution >= 0.6 is 22.6 Å². The molecule has 2 aromatic rings. The molecule has 8 heteroatoms. The van der Waals surface area contributed by atoms with Gasteiger partial charge in [-0.15, -0.1) is 0 Å². The Bertz CT molecular complexity index is 835. The van der Waals surface area contributed by atoms with Gasteiger partial charge in [-0.2, -0.15) is 0 Å². The zero-order valence-corrected chi connectivity index (χ0v) is 18.3. The van der Waals surface area contributed by atoms with E-state index in [9.17, 15) is 9.59 Å². The van der Waals surface area contributed by atoms with Crippen LogP contribution in [0.25, 0.3) is 0 Å². The van der Waals surface area contributed by atoms with Crippen LogP contribution in [0.4, 0.5) is 5.69 Å². The van der Waals surface area contributed by atoms with Crippen molar-refractivity contribution in [3.05, 3.63) is 52.1 Å². The van der Waals surface area contributed by atoms with Crippen molar-refractivity contribution in [2.75, 3.05) is 51.4 Å². The van der Waals surface area contributed by atoms with Crippen molar-refractivity contribution >= 4 is 40.2 Å². The molecule has 0 radical (unpaired) electrons. The summed E-state index contributed by atoms with van der Waals surface area (Å²) in [5.74, 6) is 0.632. The molecular formula is C21H23IN2O5. The van der Waals surface area contributed by atoms with Gasteiger partial charge in [-0.05, 0) is 59.0 Å². The largest absolute Gasteiger partial charge is 0.495 e. The number of rotatable bonds is 7. The number of benzene rings is 2. The SMILES string of the molecule is COc1ccccc1N1CCN(C(=O)COC(=O)COc2ccc(I)cc2)CC1. The molecule has 0 aliphatic carbocycles. The van der Waals surface area contributed by atoms with Crippen molar-refractivity contribution in [2.45, 2.75) is 0 Å². The molecule has 29 heavy (non-hydrogen) atoms. The lowest BCUT2D eigenvalue weighted by Gasteiger charge is -2.36. The van der Waals surface area contributed by atoms with Gasteiger partial charge in [-0.1, -0.05) is 12.1 Å². The van der Waals surface area contributed by atoms with E-state index in [-0.39, 0.29) is 19.1 Å². The number of piperazine rings is 1. The summed E-state index contributed by atoms with van der Waals surface area (Å²) in [6, 6.07) is 15.1. The van der Waals surface area contributed by atoms with Crippen LogP contribution in [0.1, 0.15) is 0 Å². The van der Waals surface area contributed by atoms with Crippen LogP contribution in [0.3, 0.4) is 0 Å². The Morgan fingerprint density at radius 1 is 0.966 bits per heavy atom. The number of amides is 1. The minimum atomic E-state index is -0.565. The van der Waals surface area contributed by atoms with Gasteiger partial charge in [0.25, 0.3) is 5.91 Å². The third kappa shape index (κ3) is 5.99. The summed E-state index contributed by atoms with van der Waals surface area (Å²) >= 11 is 2.19. The lowest BCUT2D eigenvalue weighted by molar-refractivity contribution is -0.153. The molecule has 0 aromatic heterocycles. The lowest BCUT2D eigenvalue weighted by Crippen LogP contribution is -2.50. The van der Waals surface area contributed by atoms with Crippen LogP contribution in [-0.4, -0.2) is 63.3 Å². The second kappa shape index (κ2) is 10.3. The Hall–Kier alpha value is -2.49. The number of halogens is 1. The molecular weight excluding hydrogens is 487 g/mol. The second-order valence-corrected chi connectivity index (χ2v) is 7.69. The number of methoxy groups -OCH3 is 1. The van der Waals surface area contributed by atoms with E-state index < -0.39 is 5.97 Å². The summed E-state index contributed by atoms with van der Waals surface area (Å²) < 4.78 is 16.9. The van der Waals surface area contributed by atoms with Crippen molar-refractivity contribution in [1.29, 1.82) is 0 Å². The van der Waals surface area contributed by atoms with E-state index >= 15 is 0 Å². The minimum Gasteiger partial charge on any atom is -0.495 e. The van der Waals surface area contributed by atoms with E-state index in [1.54, 1.807) is 24.1 Å². The molecule has 1 saturated heterocycles. The molecule has 0 bridgehead atoms. The van der Waals surface area contributed by atoms with Crippen molar-refractivity contribution in [3.63, 3.8) is 0 Å². The summed E-state index contributed by atoms with van der Waals surface area (Å²) in [5.41, 5.74) is 1.02. The van der Waals surface area contributed by atoms with Crippen LogP contribution in [0.15, 0.2) is 48.5 Å². The van der Waals surface area contributed by atoms with Crippen LogP contribution < -0.4 is 14.4 Å². The maximum atomic E-state index is 12.3. The number of anilines is 1. The summed E-state index contributed by atoms with van der Waals surface area (Å²) in [4.78, 5) is 28.1. The van der Waals surface area contributed by atoms with E-state index in [4.69, 9.17) is 14.2 Å². The Morgan fingerprint density at radius 2 is 1.66 bits per heavy atom. The van der Waals surface area contributed by atoms with Gasteiger partial charge in [-0.3, -0.25) is 4.79 Å². The monoisotopic (exact) mass is 510 g/mol. The van der Waals surface area contributed by atoms with E-state index in [1.165, 1.54) is 0 Å². The standard InChI is InChI=1S/C21H23IN2O5/c1-27-19-5-3-2-4-18(19)23-10-12-24(13-11-23)20(25)14-29-21(26)15-28-17-8-6-16(22)7-9-17/h2-9H,10-15H2,1H3. The summed E-state index contributed by atoms with van der Waals surface area (Å²) in [6.45, 7) is 2.01. The third-order valence-corrected chi connectivity index (χ3v) is 5.30. The van der Waals surface area contributed by atoms with Crippen LogP contribution in [0.5, 0.6) is 11.5 Å². The number of para-hydroxylation sites is 2. The van der Waals surface area contributed by atoms with Crippen molar-refractivity contribution in [3.8, 4) is 11.5 Å². The van der Waals surface area contributed by atoms with Crippen molar-refractivity contribution < 1.29 is 23.8 Å². The molecule has 1 fully saturated rings. The van der Waals surface area contributed by atoms with Gasteiger partial charge >= 0.3 is 5.97 Å². The van der Waals surface area contributed by atoms with Crippen LogP contribution in [0, 0.1) is 3.57 Å². The topological polar surface area (TPSA) is 68.3 Å². The predicted molar refractivity (Wildman–Crippen MR) is 117 cm³/mol. The number of carbonyl (C=O) groups excluding carboxylic acids is 2. The first-order chi connectivity index (χ1) is 14.1. The van der Waals surface area contributed by atoms with Gasteiger partial charge < -0.3 is 24.0 Å².